The number of carbonyl (C=O) groups is 2. The predicted octanol–water partition coefficient (Wildman–Crippen LogP) is 4.03. The number of anilines is 1. The topological polar surface area (TPSA) is 83.1 Å². The maximum atomic E-state index is 12.9. The third kappa shape index (κ3) is 7.45. The monoisotopic (exact) mass is 418 g/mol. The molecule has 0 spiro atoms. The SMILES string of the molecule is O=C(CCc1csc(NC(=O)NC2CCCCC2)n1)NCCc1ccc(F)cc1. The van der Waals surface area contributed by atoms with Crippen LogP contribution in [0.5, 0.6) is 0 Å². The molecule has 0 radical (unpaired) electrons. The largest absolute Gasteiger partial charge is 0.356 e. The standard InChI is InChI=1S/C21H27FN4O2S/c22-16-8-6-15(7-9-16)12-13-23-19(27)11-10-18-14-29-21(25-18)26-20(28)24-17-4-2-1-3-5-17/h6-9,14,17H,1-5,10-13H2,(H,23,27)(H2,24,25,26,28). The van der Waals surface area contributed by atoms with Crippen LogP contribution in [0.1, 0.15) is 49.8 Å². The Morgan fingerprint density at radius 1 is 1.10 bits per heavy atom. The van der Waals surface area contributed by atoms with Gasteiger partial charge >= 0.3 is 6.03 Å². The van der Waals surface area contributed by atoms with Crippen molar-refractivity contribution in [2.45, 2.75) is 57.4 Å². The van der Waals surface area contributed by atoms with Crippen molar-refractivity contribution in [3.05, 3.63) is 46.7 Å². The summed E-state index contributed by atoms with van der Waals surface area (Å²) in [5.74, 6) is -0.314. The number of thiazole rings is 1. The first kappa shape index (κ1) is 21.2. The molecule has 1 aliphatic rings. The summed E-state index contributed by atoms with van der Waals surface area (Å²) >= 11 is 1.36. The molecule has 1 aromatic carbocycles. The molecule has 1 aromatic heterocycles. The van der Waals surface area contributed by atoms with Crippen molar-refractivity contribution in [1.82, 2.24) is 15.6 Å². The number of aryl methyl sites for hydroxylation is 1. The zero-order valence-electron chi connectivity index (χ0n) is 16.4. The molecule has 6 nitrogen and oxygen atoms in total. The van der Waals surface area contributed by atoms with Gasteiger partial charge in [0.05, 0.1) is 5.69 Å². The first-order chi connectivity index (χ1) is 14.1. The zero-order chi connectivity index (χ0) is 20.5. The van der Waals surface area contributed by atoms with Gasteiger partial charge in [-0.3, -0.25) is 10.1 Å². The number of benzene rings is 1. The molecule has 3 rings (SSSR count). The van der Waals surface area contributed by atoms with Crippen molar-refractivity contribution in [2.75, 3.05) is 11.9 Å². The van der Waals surface area contributed by atoms with E-state index in [1.165, 1.54) is 29.9 Å². The summed E-state index contributed by atoms with van der Waals surface area (Å²) in [6.07, 6.45) is 7.16. The average molecular weight is 419 g/mol. The van der Waals surface area contributed by atoms with E-state index in [9.17, 15) is 14.0 Å². The van der Waals surface area contributed by atoms with Gasteiger partial charge in [0, 0.05) is 24.4 Å². The molecule has 1 aliphatic carbocycles. The Balaban J connectivity index is 1.33. The van der Waals surface area contributed by atoms with Crippen LogP contribution in [0, 0.1) is 5.82 Å². The van der Waals surface area contributed by atoms with E-state index in [0.717, 1.165) is 36.9 Å². The molecule has 1 saturated carbocycles. The highest BCUT2D eigenvalue weighted by Crippen LogP contribution is 2.19. The molecule has 3 amide bonds. The molecular formula is C21H27FN4O2S. The molecule has 8 heteroatoms. The van der Waals surface area contributed by atoms with E-state index in [4.69, 9.17) is 0 Å². The molecular weight excluding hydrogens is 391 g/mol. The smallest absolute Gasteiger partial charge is 0.321 e. The third-order valence-corrected chi connectivity index (χ3v) is 5.78. The second-order valence-corrected chi connectivity index (χ2v) is 8.16. The van der Waals surface area contributed by atoms with Crippen LogP contribution in [0.2, 0.25) is 0 Å². The number of hydrogen-bond donors (Lipinski definition) is 3. The van der Waals surface area contributed by atoms with E-state index in [2.05, 4.69) is 20.9 Å². The number of urea groups is 1. The highest BCUT2D eigenvalue weighted by Gasteiger charge is 2.16. The van der Waals surface area contributed by atoms with Gasteiger partial charge in [0.15, 0.2) is 5.13 Å². The lowest BCUT2D eigenvalue weighted by Crippen LogP contribution is -2.39. The lowest BCUT2D eigenvalue weighted by atomic mass is 9.96. The molecule has 3 N–H and O–H groups in total. The molecule has 0 aliphatic heterocycles. The van der Waals surface area contributed by atoms with Gasteiger partial charge in [0.2, 0.25) is 5.91 Å². The van der Waals surface area contributed by atoms with E-state index in [1.807, 2.05) is 5.38 Å². The maximum Gasteiger partial charge on any atom is 0.321 e. The summed E-state index contributed by atoms with van der Waals surface area (Å²) in [7, 11) is 0. The van der Waals surface area contributed by atoms with Gasteiger partial charge < -0.3 is 10.6 Å². The minimum absolute atomic E-state index is 0.0512. The minimum Gasteiger partial charge on any atom is -0.356 e. The Hall–Kier alpha value is -2.48. The lowest BCUT2D eigenvalue weighted by Gasteiger charge is -2.22. The molecule has 1 fully saturated rings. The highest BCUT2D eigenvalue weighted by atomic mass is 32.1. The van der Waals surface area contributed by atoms with Gasteiger partial charge in [-0.15, -0.1) is 11.3 Å². The summed E-state index contributed by atoms with van der Waals surface area (Å²) in [5.41, 5.74) is 1.77. The van der Waals surface area contributed by atoms with Crippen molar-refractivity contribution in [3.8, 4) is 0 Å². The summed E-state index contributed by atoms with van der Waals surface area (Å²) < 4.78 is 12.9. The van der Waals surface area contributed by atoms with Crippen LogP contribution in [0.15, 0.2) is 29.6 Å². The van der Waals surface area contributed by atoms with Crippen molar-refractivity contribution in [3.63, 3.8) is 0 Å². The molecule has 0 atom stereocenters. The van der Waals surface area contributed by atoms with Crippen LogP contribution >= 0.6 is 11.3 Å². The summed E-state index contributed by atoms with van der Waals surface area (Å²) in [6.45, 7) is 0.510. The van der Waals surface area contributed by atoms with E-state index in [-0.39, 0.29) is 23.8 Å². The van der Waals surface area contributed by atoms with Crippen LogP contribution in [0.25, 0.3) is 0 Å². The van der Waals surface area contributed by atoms with E-state index in [1.54, 1.807) is 12.1 Å². The number of halogens is 1. The maximum absolute atomic E-state index is 12.9. The van der Waals surface area contributed by atoms with Gasteiger partial charge in [-0.05, 0) is 43.4 Å². The highest BCUT2D eigenvalue weighted by molar-refractivity contribution is 7.13. The Kier molecular flexibility index (Phi) is 7.98. The fraction of sp³-hybridized carbons (Fsp3) is 0.476. The molecule has 0 bridgehead atoms. The average Bonchev–Trinajstić information content (AvgIpc) is 3.16. The van der Waals surface area contributed by atoms with Gasteiger partial charge in [-0.2, -0.15) is 0 Å². The lowest BCUT2D eigenvalue weighted by molar-refractivity contribution is -0.121. The van der Waals surface area contributed by atoms with E-state index in [0.29, 0.717) is 30.9 Å². The molecule has 2 aromatic rings. The number of rotatable bonds is 8. The first-order valence-corrected chi connectivity index (χ1v) is 11.0. The Morgan fingerprint density at radius 2 is 1.86 bits per heavy atom. The number of aromatic nitrogens is 1. The molecule has 29 heavy (non-hydrogen) atoms. The normalized spacial score (nSPS) is 14.4. The van der Waals surface area contributed by atoms with Crippen molar-refractivity contribution < 1.29 is 14.0 Å². The number of carbonyl (C=O) groups excluding carboxylic acids is 2. The first-order valence-electron chi connectivity index (χ1n) is 10.1. The second kappa shape index (κ2) is 10.9. The van der Waals surface area contributed by atoms with Crippen molar-refractivity contribution in [1.29, 1.82) is 0 Å². The van der Waals surface area contributed by atoms with Crippen molar-refractivity contribution >= 4 is 28.4 Å². The minimum atomic E-state index is -0.263. The quantitative estimate of drug-likeness (QED) is 0.605. The molecule has 156 valence electrons. The Labute approximate surface area is 174 Å². The number of hydrogen-bond acceptors (Lipinski definition) is 4. The Morgan fingerprint density at radius 3 is 2.62 bits per heavy atom. The number of nitrogens with zero attached hydrogens (tertiary/aromatic N) is 1. The summed E-state index contributed by atoms with van der Waals surface area (Å²) in [5, 5.41) is 11.1. The predicted molar refractivity (Wildman–Crippen MR) is 113 cm³/mol. The van der Waals surface area contributed by atoms with E-state index < -0.39 is 0 Å². The summed E-state index contributed by atoms with van der Waals surface area (Å²) in [6, 6.07) is 6.31. The second-order valence-electron chi connectivity index (χ2n) is 7.30. The fourth-order valence-corrected chi connectivity index (χ4v) is 4.11. The molecule has 0 saturated heterocycles. The number of nitrogens with one attached hydrogen (secondary N) is 3. The van der Waals surface area contributed by atoms with Gasteiger partial charge in [-0.1, -0.05) is 31.4 Å². The third-order valence-electron chi connectivity index (χ3n) is 4.97. The molecule has 0 unspecified atom stereocenters. The van der Waals surface area contributed by atoms with Gasteiger partial charge in [-0.25, -0.2) is 14.2 Å². The van der Waals surface area contributed by atoms with Crippen molar-refractivity contribution in [2.24, 2.45) is 0 Å². The van der Waals surface area contributed by atoms with Crippen LogP contribution < -0.4 is 16.0 Å². The number of amides is 3. The van der Waals surface area contributed by atoms with Gasteiger partial charge in [0.1, 0.15) is 5.82 Å². The summed E-state index contributed by atoms with van der Waals surface area (Å²) in [4.78, 5) is 28.4. The van der Waals surface area contributed by atoms with Crippen LogP contribution in [0.4, 0.5) is 14.3 Å². The van der Waals surface area contributed by atoms with Crippen LogP contribution in [0.3, 0.4) is 0 Å². The van der Waals surface area contributed by atoms with Crippen LogP contribution in [-0.4, -0.2) is 29.5 Å². The van der Waals surface area contributed by atoms with Gasteiger partial charge in [0.25, 0.3) is 0 Å². The van der Waals surface area contributed by atoms with Crippen LogP contribution in [-0.2, 0) is 17.6 Å². The molecule has 1 heterocycles. The van der Waals surface area contributed by atoms with E-state index >= 15 is 0 Å². The zero-order valence-corrected chi connectivity index (χ0v) is 17.2. The fourth-order valence-electron chi connectivity index (χ4n) is 3.37. The Bertz CT molecular complexity index is 803.